The van der Waals surface area contributed by atoms with Gasteiger partial charge >= 0.3 is 0 Å². The molecule has 6 heteroatoms. The molecule has 0 aliphatic heterocycles. The molecule has 4 N–H and O–H groups in total. The zero-order valence-corrected chi connectivity index (χ0v) is 9.15. The first-order chi connectivity index (χ1) is 8.52. The molecule has 0 spiro atoms. The maximum atomic E-state index is 9.24. The number of aromatic hydroxyl groups is 4. The average molecular weight is 246 g/mol. The largest absolute Gasteiger partial charge is 0.508 e. The van der Waals surface area contributed by atoms with Crippen molar-refractivity contribution in [2.75, 3.05) is 0 Å². The molecule has 0 aliphatic carbocycles. The van der Waals surface area contributed by atoms with Gasteiger partial charge in [-0.05, 0) is 0 Å². The third kappa shape index (κ3) is 2.88. The van der Waals surface area contributed by atoms with E-state index in [0.29, 0.717) is 0 Å². The first kappa shape index (κ1) is 11.7. The summed E-state index contributed by atoms with van der Waals surface area (Å²) in [5, 5.41) is 44.5. The molecule has 0 heterocycles. The number of rotatable bonds is 2. The number of azo groups is 1. The molecule has 6 nitrogen and oxygen atoms in total. The minimum atomic E-state index is -0.136. The topological polar surface area (TPSA) is 106 Å². The van der Waals surface area contributed by atoms with Gasteiger partial charge in [0.2, 0.25) is 0 Å². The first-order valence-corrected chi connectivity index (χ1v) is 5.01. The summed E-state index contributed by atoms with van der Waals surface area (Å²) in [6.07, 6.45) is 0. The Morgan fingerprint density at radius 3 is 1.06 bits per heavy atom. The van der Waals surface area contributed by atoms with Gasteiger partial charge < -0.3 is 20.4 Å². The molecule has 0 bridgehead atoms. The van der Waals surface area contributed by atoms with Crippen LogP contribution in [0.1, 0.15) is 0 Å². The van der Waals surface area contributed by atoms with Gasteiger partial charge in [-0.2, -0.15) is 10.2 Å². The number of nitrogens with zero attached hydrogens (tertiary/aromatic N) is 2. The minimum Gasteiger partial charge on any atom is -0.508 e. The van der Waals surface area contributed by atoms with E-state index in [0.717, 1.165) is 0 Å². The van der Waals surface area contributed by atoms with E-state index in [-0.39, 0.29) is 34.4 Å². The van der Waals surface area contributed by atoms with E-state index < -0.39 is 0 Å². The highest BCUT2D eigenvalue weighted by Gasteiger charge is 2.00. The fourth-order valence-corrected chi connectivity index (χ4v) is 1.39. The second kappa shape index (κ2) is 4.62. The van der Waals surface area contributed by atoms with Crippen LogP contribution in [0.3, 0.4) is 0 Å². The molecule has 18 heavy (non-hydrogen) atoms. The van der Waals surface area contributed by atoms with Crippen LogP contribution in [0, 0.1) is 0 Å². The SMILES string of the molecule is Oc1cc(O)cc(N=Nc2cc(O)cc(O)c2)c1. The Morgan fingerprint density at radius 2 is 0.778 bits per heavy atom. The highest BCUT2D eigenvalue weighted by molar-refractivity contribution is 5.51. The predicted molar refractivity (Wildman–Crippen MR) is 63.7 cm³/mol. The van der Waals surface area contributed by atoms with Gasteiger partial charge in [-0.1, -0.05) is 0 Å². The summed E-state index contributed by atoms with van der Waals surface area (Å²) >= 11 is 0. The monoisotopic (exact) mass is 246 g/mol. The molecule has 2 aromatic rings. The Bertz CT molecular complexity index is 517. The van der Waals surface area contributed by atoms with Crippen molar-refractivity contribution in [3.05, 3.63) is 36.4 Å². The summed E-state index contributed by atoms with van der Waals surface area (Å²) < 4.78 is 0. The Hall–Kier alpha value is -2.76. The van der Waals surface area contributed by atoms with Crippen LogP contribution in [0.5, 0.6) is 23.0 Å². The Morgan fingerprint density at radius 1 is 0.500 bits per heavy atom. The first-order valence-electron chi connectivity index (χ1n) is 5.01. The average Bonchev–Trinajstić information content (AvgIpc) is 2.23. The van der Waals surface area contributed by atoms with Crippen LogP contribution in [0.25, 0.3) is 0 Å². The van der Waals surface area contributed by atoms with E-state index in [2.05, 4.69) is 10.2 Å². The van der Waals surface area contributed by atoms with Crippen molar-refractivity contribution < 1.29 is 20.4 Å². The van der Waals surface area contributed by atoms with Crippen molar-refractivity contribution in [2.45, 2.75) is 0 Å². The van der Waals surface area contributed by atoms with Crippen molar-refractivity contribution in [3.8, 4) is 23.0 Å². The molecule has 92 valence electrons. The van der Waals surface area contributed by atoms with E-state index in [9.17, 15) is 20.4 Å². The van der Waals surface area contributed by atoms with Gasteiger partial charge in [0.15, 0.2) is 0 Å². The summed E-state index contributed by atoms with van der Waals surface area (Å²) in [6, 6.07) is 7.58. The van der Waals surface area contributed by atoms with Gasteiger partial charge in [0, 0.05) is 36.4 Å². The van der Waals surface area contributed by atoms with Crippen LogP contribution in [-0.2, 0) is 0 Å². The molecule has 0 radical (unpaired) electrons. The molecule has 0 amide bonds. The highest BCUT2D eigenvalue weighted by Crippen LogP contribution is 2.30. The molecular formula is C12H10N2O4. The summed E-state index contributed by atoms with van der Waals surface area (Å²) in [7, 11) is 0. The minimum absolute atomic E-state index is 0.136. The zero-order chi connectivity index (χ0) is 13.1. The molecule has 0 aliphatic rings. The standard InChI is InChI=1S/C12H10N2O4/c15-9-1-7(2-10(16)5-9)13-14-8-3-11(17)6-12(18)4-8/h1-6,15-18H. The van der Waals surface area contributed by atoms with Gasteiger partial charge in [0.05, 0.1) is 11.4 Å². The molecule has 2 aromatic carbocycles. The third-order valence-electron chi connectivity index (χ3n) is 2.06. The molecule has 0 unspecified atom stereocenters. The van der Waals surface area contributed by atoms with E-state index in [1.807, 2.05) is 0 Å². The smallest absolute Gasteiger partial charge is 0.121 e. The second-order valence-corrected chi connectivity index (χ2v) is 3.62. The molecule has 0 aromatic heterocycles. The quantitative estimate of drug-likeness (QED) is 0.611. The van der Waals surface area contributed by atoms with Gasteiger partial charge in [-0.25, -0.2) is 0 Å². The highest BCUT2D eigenvalue weighted by atomic mass is 16.3. The number of benzene rings is 2. The number of hydrogen-bond acceptors (Lipinski definition) is 6. The summed E-state index contributed by atoms with van der Waals surface area (Å²) in [5.41, 5.74) is 0.491. The maximum absolute atomic E-state index is 9.24. The molecule has 2 rings (SSSR count). The second-order valence-electron chi connectivity index (χ2n) is 3.62. The molecule has 0 saturated carbocycles. The number of hydrogen-bond donors (Lipinski definition) is 4. The Labute approximate surface area is 102 Å². The van der Waals surface area contributed by atoms with Crippen molar-refractivity contribution in [3.63, 3.8) is 0 Å². The number of phenols is 4. The van der Waals surface area contributed by atoms with E-state index in [1.165, 1.54) is 36.4 Å². The Balaban J connectivity index is 2.29. The molecule has 0 atom stereocenters. The summed E-state index contributed by atoms with van der Waals surface area (Å²) in [4.78, 5) is 0. The van der Waals surface area contributed by atoms with Crippen LogP contribution >= 0.6 is 0 Å². The van der Waals surface area contributed by atoms with Crippen molar-refractivity contribution in [2.24, 2.45) is 10.2 Å². The fraction of sp³-hybridized carbons (Fsp3) is 0. The van der Waals surface area contributed by atoms with Crippen LogP contribution in [0.2, 0.25) is 0 Å². The normalized spacial score (nSPS) is 10.9. The molecule has 0 fully saturated rings. The van der Waals surface area contributed by atoms with Gasteiger partial charge in [0.25, 0.3) is 0 Å². The van der Waals surface area contributed by atoms with Crippen molar-refractivity contribution >= 4 is 11.4 Å². The molecular weight excluding hydrogens is 236 g/mol. The fourth-order valence-electron chi connectivity index (χ4n) is 1.39. The third-order valence-corrected chi connectivity index (χ3v) is 2.06. The van der Waals surface area contributed by atoms with Crippen molar-refractivity contribution in [1.82, 2.24) is 0 Å². The van der Waals surface area contributed by atoms with E-state index in [1.54, 1.807) is 0 Å². The van der Waals surface area contributed by atoms with Crippen LogP contribution < -0.4 is 0 Å². The zero-order valence-electron chi connectivity index (χ0n) is 9.15. The Kier molecular flexibility index (Phi) is 3.01. The lowest BCUT2D eigenvalue weighted by molar-refractivity contribution is 0.449. The van der Waals surface area contributed by atoms with Gasteiger partial charge in [-0.15, -0.1) is 0 Å². The molecule has 0 saturated heterocycles. The van der Waals surface area contributed by atoms with E-state index in [4.69, 9.17) is 0 Å². The van der Waals surface area contributed by atoms with Crippen LogP contribution in [-0.4, -0.2) is 20.4 Å². The lowest BCUT2D eigenvalue weighted by Crippen LogP contribution is -1.69. The van der Waals surface area contributed by atoms with Crippen LogP contribution in [0.15, 0.2) is 46.6 Å². The van der Waals surface area contributed by atoms with Gasteiger partial charge in [-0.3, -0.25) is 0 Å². The maximum Gasteiger partial charge on any atom is 0.121 e. The van der Waals surface area contributed by atoms with E-state index >= 15 is 0 Å². The van der Waals surface area contributed by atoms with Crippen molar-refractivity contribution in [1.29, 1.82) is 0 Å². The van der Waals surface area contributed by atoms with Gasteiger partial charge in [0.1, 0.15) is 23.0 Å². The van der Waals surface area contributed by atoms with Crippen LogP contribution in [0.4, 0.5) is 11.4 Å². The summed E-state index contributed by atoms with van der Waals surface area (Å²) in [5.74, 6) is -0.546. The lowest BCUT2D eigenvalue weighted by atomic mass is 10.3. The lowest BCUT2D eigenvalue weighted by Gasteiger charge is -1.98. The number of phenolic OH excluding ortho intramolecular Hbond substituents is 4. The summed E-state index contributed by atoms with van der Waals surface area (Å²) in [6.45, 7) is 0. The predicted octanol–water partition coefficient (Wildman–Crippen LogP) is 2.92.